The van der Waals surface area contributed by atoms with Crippen molar-refractivity contribution in [3.63, 3.8) is 0 Å². The summed E-state index contributed by atoms with van der Waals surface area (Å²) < 4.78 is 1.51. The minimum atomic E-state index is -1.02. The number of hydrogen-bond donors (Lipinski definition) is 1. The number of carboxylic acids is 1. The molecule has 1 aromatic heterocycles. The molecule has 0 bridgehead atoms. The predicted molar refractivity (Wildman–Crippen MR) is 53.0 cm³/mol. The molecule has 0 aromatic carbocycles. The van der Waals surface area contributed by atoms with Gasteiger partial charge < -0.3 is 15.2 Å². The van der Waals surface area contributed by atoms with Crippen LogP contribution in [0.1, 0.15) is 5.82 Å². The molecule has 0 amide bonds. The van der Waals surface area contributed by atoms with Gasteiger partial charge in [-0.15, -0.1) is 0 Å². The van der Waals surface area contributed by atoms with Crippen LogP contribution >= 0.6 is 11.8 Å². The maximum absolute atomic E-state index is 10.6. The zero-order valence-electron chi connectivity index (χ0n) is 8.13. The van der Waals surface area contributed by atoms with Crippen LogP contribution in [0.2, 0.25) is 0 Å². The Morgan fingerprint density at radius 3 is 2.80 bits per heavy atom. The molecule has 0 atom stereocenters. The molecule has 82 valence electrons. The molecule has 0 saturated carbocycles. The quantitative estimate of drug-likeness (QED) is 0.467. The third-order valence-corrected chi connectivity index (χ3v) is 2.88. The topological polar surface area (TPSA) is 98.3 Å². The first-order valence-corrected chi connectivity index (χ1v) is 4.94. The van der Waals surface area contributed by atoms with Crippen molar-refractivity contribution >= 4 is 23.5 Å². The number of carboxylic acid groups (broad SMARTS) is 1. The molecule has 1 rings (SSSR count). The number of aromatic nitrogens is 2. The van der Waals surface area contributed by atoms with Gasteiger partial charge in [-0.25, -0.2) is 0 Å². The van der Waals surface area contributed by atoms with Crippen LogP contribution in [-0.2, 0) is 11.8 Å². The van der Waals surface area contributed by atoms with Crippen LogP contribution < -0.4 is 0 Å². The average molecular weight is 231 g/mol. The van der Waals surface area contributed by atoms with E-state index >= 15 is 0 Å². The summed E-state index contributed by atoms with van der Waals surface area (Å²) in [7, 11) is 1.61. The Kier molecular flexibility index (Phi) is 3.30. The number of carbonyl (C=O) groups is 1. The lowest BCUT2D eigenvalue weighted by Gasteiger charge is -1.99. The normalized spacial score (nSPS) is 10.3. The standard InChI is InChI=1S/C7H9N3O4S/c1-4-8-6(10(13)14)7(9(4)2)15-3-5(11)12/h3H2,1-2H3,(H,11,12). The monoisotopic (exact) mass is 231 g/mol. The summed E-state index contributed by atoms with van der Waals surface area (Å²) in [6.45, 7) is 1.62. The number of rotatable bonds is 4. The minimum absolute atomic E-state index is 0.222. The Bertz CT molecular complexity index is 415. The first-order chi connectivity index (χ1) is 6.93. The highest BCUT2D eigenvalue weighted by molar-refractivity contribution is 8.00. The molecule has 8 heteroatoms. The molecule has 1 aromatic rings. The Morgan fingerprint density at radius 1 is 1.73 bits per heavy atom. The van der Waals surface area contributed by atoms with Crippen molar-refractivity contribution < 1.29 is 14.8 Å². The van der Waals surface area contributed by atoms with Crippen LogP contribution in [0, 0.1) is 17.0 Å². The summed E-state index contributed by atoms with van der Waals surface area (Å²) in [5.41, 5.74) is 0. The van der Waals surface area contributed by atoms with E-state index in [4.69, 9.17) is 5.11 Å². The smallest absolute Gasteiger partial charge is 0.396 e. The number of aryl methyl sites for hydroxylation is 1. The van der Waals surface area contributed by atoms with Gasteiger partial charge in [-0.1, -0.05) is 11.8 Å². The summed E-state index contributed by atoms with van der Waals surface area (Å²) in [5.74, 6) is -1.05. The number of nitro groups is 1. The Morgan fingerprint density at radius 2 is 2.33 bits per heavy atom. The molecule has 0 saturated heterocycles. The molecular formula is C7H9N3O4S. The molecule has 1 heterocycles. The van der Waals surface area contributed by atoms with Gasteiger partial charge >= 0.3 is 11.8 Å². The van der Waals surface area contributed by atoms with Crippen molar-refractivity contribution in [1.29, 1.82) is 0 Å². The summed E-state index contributed by atoms with van der Waals surface area (Å²) in [6.07, 6.45) is 0. The van der Waals surface area contributed by atoms with E-state index in [0.29, 0.717) is 5.82 Å². The molecule has 0 unspecified atom stereocenters. The van der Waals surface area contributed by atoms with Crippen LogP contribution in [0.5, 0.6) is 0 Å². The Hall–Kier alpha value is -1.57. The largest absolute Gasteiger partial charge is 0.481 e. The highest BCUT2D eigenvalue weighted by atomic mass is 32.2. The van der Waals surface area contributed by atoms with Crippen LogP contribution in [0.15, 0.2) is 5.03 Å². The molecule has 15 heavy (non-hydrogen) atoms. The highest BCUT2D eigenvalue weighted by Gasteiger charge is 2.24. The van der Waals surface area contributed by atoms with E-state index in [2.05, 4.69) is 4.98 Å². The molecule has 0 aliphatic heterocycles. The van der Waals surface area contributed by atoms with E-state index in [0.717, 1.165) is 11.8 Å². The van der Waals surface area contributed by atoms with Crippen molar-refractivity contribution in [2.24, 2.45) is 7.05 Å². The minimum Gasteiger partial charge on any atom is -0.481 e. The second-order valence-electron chi connectivity index (χ2n) is 2.79. The maximum atomic E-state index is 10.6. The lowest BCUT2D eigenvalue weighted by molar-refractivity contribution is -0.392. The van der Waals surface area contributed by atoms with Gasteiger partial charge in [0.2, 0.25) is 5.82 Å². The van der Waals surface area contributed by atoms with E-state index in [1.54, 1.807) is 14.0 Å². The second-order valence-corrected chi connectivity index (χ2v) is 3.75. The summed E-state index contributed by atoms with van der Waals surface area (Å²) in [4.78, 5) is 24.1. The third kappa shape index (κ3) is 2.46. The van der Waals surface area contributed by atoms with Gasteiger partial charge in [-0.2, -0.15) is 0 Å². The maximum Gasteiger partial charge on any atom is 0.396 e. The molecule has 0 radical (unpaired) electrons. The number of nitrogens with zero attached hydrogens (tertiary/aromatic N) is 3. The molecular weight excluding hydrogens is 222 g/mol. The van der Waals surface area contributed by atoms with E-state index in [1.807, 2.05) is 0 Å². The lowest BCUT2D eigenvalue weighted by atomic mass is 10.7. The van der Waals surface area contributed by atoms with Crippen LogP contribution in [0.4, 0.5) is 5.82 Å². The van der Waals surface area contributed by atoms with E-state index < -0.39 is 10.9 Å². The van der Waals surface area contributed by atoms with Gasteiger partial charge in [-0.3, -0.25) is 9.36 Å². The first kappa shape index (κ1) is 11.5. The second kappa shape index (κ2) is 4.30. The van der Waals surface area contributed by atoms with Gasteiger partial charge in [0.25, 0.3) is 0 Å². The number of thioether (sulfide) groups is 1. The van der Waals surface area contributed by atoms with Gasteiger partial charge in [0.15, 0.2) is 5.03 Å². The van der Waals surface area contributed by atoms with E-state index in [-0.39, 0.29) is 16.6 Å². The van der Waals surface area contributed by atoms with Gasteiger partial charge in [-0.05, 0) is 9.91 Å². The molecule has 0 aliphatic carbocycles. The first-order valence-electron chi connectivity index (χ1n) is 3.95. The van der Waals surface area contributed by atoms with E-state index in [9.17, 15) is 14.9 Å². The third-order valence-electron chi connectivity index (χ3n) is 1.75. The van der Waals surface area contributed by atoms with Gasteiger partial charge in [0.05, 0.1) is 5.75 Å². The van der Waals surface area contributed by atoms with Crippen LogP contribution in [-0.4, -0.2) is 31.3 Å². The molecule has 0 fully saturated rings. The number of aliphatic carboxylic acids is 1. The number of hydrogen-bond acceptors (Lipinski definition) is 5. The van der Waals surface area contributed by atoms with Crippen molar-refractivity contribution in [2.45, 2.75) is 11.9 Å². The molecule has 1 N–H and O–H groups in total. The van der Waals surface area contributed by atoms with Crippen molar-refractivity contribution in [1.82, 2.24) is 9.55 Å². The van der Waals surface area contributed by atoms with Gasteiger partial charge in [0, 0.05) is 14.0 Å². The Balaban J connectivity index is 3.02. The zero-order valence-corrected chi connectivity index (χ0v) is 8.95. The number of imidazole rings is 1. The Labute approximate surface area is 89.3 Å². The predicted octanol–water partition coefficient (Wildman–Crippen LogP) is 0.813. The van der Waals surface area contributed by atoms with Gasteiger partial charge in [0.1, 0.15) is 0 Å². The van der Waals surface area contributed by atoms with Crippen LogP contribution in [0.25, 0.3) is 0 Å². The summed E-state index contributed by atoms with van der Waals surface area (Å²) in [6, 6.07) is 0. The van der Waals surface area contributed by atoms with Crippen molar-refractivity contribution in [3.05, 3.63) is 15.9 Å². The van der Waals surface area contributed by atoms with Crippen molar-refractivity contribution in [3.8, 4) is 0 Å². The van der Waals surface area contributed by atoms with Crippen LogP contribution in [0.3, 0.4) is 0 Å². The summed E-state index contributed by atoms with van der Waals surface area (Å²) in [5, 5.41) is 19.3. The SMILES string of the molecule is Cc1nc([N+](=O)[O-])c(SCC(=O)O)n1C. The summed E-state index contributed by atoms with van der Waals surface area (Å²) >= 11 is 0.890. The molecule has 0 spiro atoms. The fourth-order valence-corrected chi connectivity index (χ4v) is 1.82. The zero-order chi connectivity index (χ0) is 11.6. The highest BCUT2D eigenvalue weighted by Crippen LogP contribution is 2.28. The average Bonchev–Trinajstić information content (AvgIpc) is 2.41. The lowest BCUT2D eigenvalue weighted by Crippen LogP contribution is -2.01. The fourth-order valence-electron chi connectivity index (χ4n) is 0.983. The molecule has 7 nitrogen and oxygen atoms in total. The fraction of sp³-hybridized carbons (Fsp3) is 0.429. The molecule has 0 aliphatic rings. The van der Waals surface area contributed by atoms with Crippen molar-refractivity contribution in [2.75, 3.05) is 5.75 Å². The van der Waals surface area contributed by atoms with E-state index in [1.165, 1.54) is 4.57 Å².